The third-order valence-corrected chi connectivity index (χ3v) is 10.0. The number of likely N-dealkylation sites (tertiary alicyclic amines) is 1. The van der Waals surface area contributed by atoms with Crippen molar-refractivity contribution in [1.29, 1.82) is 0 Å². The van der Waals surface area contributed by atoms with E-state index >= 15 is 0 Å². The number of hydrogen-bond donors (Lipinski definition) is 2. The molecule has 1 amide bonds. The number of amides is 1. The normalized spacial score (nSPS) is 32.2. The first-order chi connectivity index (χ1) is 18.8. The van der Waals surface area contributed by atoms with E-state index in [0.29, 0.717) is 25.1 Å². The third-order valence-electron chi connectivity index (χ3n) is 10.0. The zero-order valence-electron chi connectivity index (χ0n) is 22.9. The Bertz CT molecular complexity index is 1360. The highest BCUT2D eigenvalue weighted by Gasteiger charge is 2.73. The number of benzene rings is 2. The zero-order chi connectivity index (χ0) is 26.9. The van der Waals surface area contributed by atoms with Crippen LogP contribution in [0, 0.1) is 23.7 Å². The maximum Gasteiger partial charge on any atom is 0.299 e. The SMILES string of the molecule is CC(C)CN(C(=O)C#Cc1ccccc1)[C@@H]1CC[C@@]2(O)[C@H]3Cc4ccc(O)c5c4[C@@]2(CCN3CC2CC2)[C@H]1O5. The van der Waals surface area contributed by atoms with Gasteiger partial charge in [0.15, 0.2) is 11.5 Å². The number of hydrogen-bond acceptors (Lipinski definition) is 5. The lowest BCUT2D eigenvalue weighted by Crippen LogP contribution is -2.78. The molecule has 6 heteroatoms. The van der Waals surface area contributed by atoms with E-state index in [9.17, 15) is 15.0 Å². The fourth-order valence-corrected chi connectivity index (χ4v) is 8.26. The summed E-state index contributed by atoms with van der Waals surface area (Å²) in [7, 11) is 0. The quantitative estimate of drug-likeness (QED) is 0.579. The highest BCUT2D eigenvalue weighted by atomic mass is 16.5. The lowest BCUT2D eigenvalue weighted by Gasteiger charge is -2.64. The van der Waals surface area contributed by atoms with Crippen molar-refractivity contribution in [3.8, 4) is 23.3 Å². The molecule has 39 heavy (non-hydrogen) atoms. The van der Waals surface area contributed by atoms with Crippen LogP contribution in [-0.4, -0.2) is 69.3 Å². The fourth-order valence-electron chi connectivity index (χ4n) is 8.26. The van der Waals surface area contributed by atoms with Crippen molar-refractivity contribution < 1.29 is 19.7 Å². The molecule has 1 spiro atoms. The molecule has 2 aromatic carbocycles. The van der Waals surface area contributed by atoms with E-state index in [1.54, 1.807) is 6.07 Å². The molecule has 3 aliphatic carbocycles. The van der Waals surface area contributed by atoms with Gasteiger partial charge in [0.25, 0.3) is 5.91 Å². The summed E-state index contributed by atoms with van der Waals surface area (Å²) in [6.45, 7) is 6.74. The van der Waals surface area contributed by atoms with Gasteiger partial charge >= 0.3 is 0 Å². The van der Waals surface area contributed by atoms with Crippen molar-refractivity contribution in [2.75, 3.05) is 19.6 Å². The van der Waals surface area contributed by atoms with Gasteiger partial charge in [-0.25, -0.2) is 0 Å². The molecule has 0 aromatic heterocycles. The number of rotatable bonds is 5. The van der Waals surface area contributed by atoms with Gasteiger partial charge in [0.1, 0.15) is 6.10 Å². The summed E-state index contributed by atoms with van der Waals surface area (Å²) in [4.78, 5) is 18.2. The first-order valence-corrected chi connectivity index (χ1v) is 14.7. The minimum absolute atomic E-state index is 0.0222. The Morgan fingerprint density at radius 2 is 1.95 bits per heavy atom. The Morgan fingerprint density at radius 1 is 1.15 bits per heavy atom. The van der Waals surface area contributed by atoms with E-state index < -0.39 is 17.1 Å². The highest BCUT2D eigenvalue weighted by Crippen LogP contribution is 2.66. The van der Waals surface area contributed by atoms with Gasteiger partial charge in [-0.05, 0) is 80.7 Å². The van der Waals surface area contributed by atoms with E-state index in [-0.39, 0.29) is 29.7 Å². The number of nitrogens with zero attached hydrogens (tertiary/aromatic N) is 2. The molecular weight excluding hydrogens is 488 g/mol. The Balaban J connectivity index is 1.30. The minimum atomic E-state index is -0.963. The molecular formula is C33H38N2O4. The van der Waals surface area contributed by atoms with Gasteiger partial charge in [-0.15, -0.1) is 0 Å². The molecule has 5 aliphatic rings. The van der Waals surface area contributed by atoms with Gasteiger partial charge in [0.2, 0.25) is 0 Å². The molecule has 6 nitrogen and oxygen atoms in total. The average molecular weight is 527 g/mol. The summed E-state index contributed by atoms with van der Waals surface area (Å²) in [6.07, 6.45) is 4.92. The molecule has 2 aromatic rings. The highest BCUT2D eigenvalue weighted by molar-refractivity contribution is 5.94. The molecule has 2 saturated carbocycles. The van der Waals surface area contributed by atoms with Crippen molar-refractivity contribution >= 4 is 5.91 Å². The molecule has 7 rings (SSSR count). The molecule has 2 N–H and O–H groups in total. The number of phenols is 1. The number of carbonyl (C=O) groups is 1. The average Bonchev–Trinajstić information content (AvgIpc) is 3.67. The van der Waals surface area contributed by atoms with Crippen LogP contribution in [0.4, 0.5) is 0 Å². The second-order valence-corrected chi connectivity index (χ2v) is 12.9. The van der Waals surface area contributed by atoms with E-state index in [0.717, 1.165) is 43.0 Å². The monoisotopic (exact) mass is 526 g/mol. The smallest absolute Gasteiger partial charge is 0.299 e. The molecule has 3 fully saturated rings. The van der Waals surface area contributed by atoms with Crippen LogP contribution in [0.5, 0.6) is 11.5 Å². The number of ether oxygens (including phenoxy) is 1. The summed E-state index contributed by atoms with van der Waals surface area (Å²) in [5.41, 5.74) is 1.37. The third kappa shape index (κ3) is 3.73. The number of phenolic OH excluding ortho intramolecular Hbond substituents is 1. The lowest BCUT2D eigenvalue weighted by molar-refractivity contribution is -0.201. The van der Waals surface area contributed by atoms with Crippen LogP contribution in [0.3, 0.4) is 0 Å². The predicted octanol–water partition coefficient (Wildman–Crippen LogP) is 3.86. The Morgan fingerprint density at radius 3 is 2.69 bits per heavy atom. The second-order valence-electron chi connectivity index (χ2n) is 12.9. The molecule has 204 valence electrons. The van der Waals surface area contributed by atoms with Crippen molar-refractivity contribution in [2.45, 2.75) is 81.6 Å². The molecule has 0 unspecified atom stereocenters. The Hall–Kier alpha value is -3.01. The van der Waals surface area contributed by atoms with Crippen LogP contribution in [0.15, 0.2) is 42.5 Å². The van der Waals surface area contributed by atoms with Crippen LogP contribution in [0.1, 0.15) is 62.6 Å². The molecule has 2 bridgehead atoms. The van der Waals surface area contributed by atoms with E-state index in [2.05, 4.69) is 30.6 Å². The van der Waals surface area contributed by atoms with Gasteiger partial charge < -0.3 is 19.8 Å². The molecule has 2 aliphatic heterocycles. The van der Waals surface area contributed by atoms with Crippen LogP contribution >= 0.6 is 0 Å². The van der Waals surface area contributed by atoms with Gasteiger partial charge in [-0.3, -0.25) is 9.69 Å². The predicted molar refractivity (Wildman–Crippen MR) is 148 cm³/mol. The molecule has 0 radical (unpaired) electrons. The number of piperidine rings is 1. The number of carbonyl (C=O) groups excluding carboxylic acids is 1. The number of aromatic hydroxyl groups is 1. The minimum Gasteiger partial charge on any atom is -0.504 e. The van der Waals surface area contributed by atoms with Crippen molar-refractivity contribution in [3.63, 3.8) is 0 Å². The Kier molecular flexibility index (Phi) is 5.77. The van der Waals surface area contributed by atoms with Gasteiger partial charge in [-0.2, -0.15) is 0 Å². The zero-order valence-corrected chi connectivity index (χ0v) is 22.9. The van der Waals surface area contributed by atoms with E-state index in [1.807, 2.05) is 41.3 Å². The molecule has 2 heterocycles. The van der Waals surface area contributed by atoms with Crippen molar-refractivity contribution in [1.82, 2.24) is 9.80 Å². The van der Waals surface area contributed by atoms with Gasteiger partial charge in [0, 0.05) is 36.2 Å². The van der Waals surface area contributed by atoms with Crippen LogP contribution < -0.4 is 4.74 Å². The number of aliphatic hydroxyl groups is 1. The maximum absolute atomic E-state index is 13.7. The first kappa shape index (κ1) is 25.0. The molecule has 1 saturated heterocycles. The van der Waals surface area contributed by atoms with E-state index in [1.165, 1.54) is 18.4 Å². The summed E-state index contributed by atoms with van der Waals surface area (Å²) in [5, 5.41) is 23.7. The van der Waals surface area contributed by atoms with Crippen LogP contribution in [-0.2, 0) is 16.6 Å². The van der Waals surface area contributed by atoms with Crippen molar-refractivity contribution in [2.24, 2.45) is 11.8 Å². The first-order valence-electron chi connectivity index (χ1n) is 14.7. The lowest BCUT2D eigenvalue weighted by atomic mass is 9.48. The topological polar surface area (TPSA) is 73.2 Å². The van der Waals surface area contributed by atoms with Crippen LogP contribution in [0.25, 0.3) is 0 Å². The van der Waals surface area contributed by atoms with E-state index in [4.69, 9.17) is 4.74 Å². The van der Waals surface area contributed by atoms with Gasteiger partial charge in [0.05, 0.1) is 17.1 Å². The molecule has 5 atom stereocenters. The summed E-state index contributed by atoms with van der Waals surface area (Å²) < 4.78 is 6.72. The summed E-state index contributed by atoms with van der Waals surface area (Å²) >= 11 is 0. The second kappa shape index (κ2) is 9.01. The van der Waals surface area contributed by atoms with Crippen LogP contribution in [0.2, 0.25) is 0 Å². The maximum atomic E-state index is 13.7. The largest absolute Gasteiger partial charge is 0.504 e. The Labute approximate surface area is 231 Å². The van der Waals surface area contributed by atoms with Gasteiger partial charge in [-0.1, -0.05) is 44.0 Å². The fraction of sp³-hybridized carbons (Fsp3) is 0.545. The summed E-state index contributed by atoms with van der Waals surface area (Å²) in [5.74, 6) is 7.40. The summed E-state index contributed by atoms with van der Waals surface area (Å²) in [6, 6.07) is 13.1. The van der Waals surface area contributed by atoms with Crippen molar-refractivity contribution in [3.05, 3.63) is 59.2 Å². The standard InChI is InChI=1S/C33H38N2O4/c1-21(2)19-35(28(37)13-10-22-6-4-3-5-7-22)25-14-15-33(38)27-18-24-11-12-26(36)30-29(24)32(33,31(25)39-30)16-17-34(27)20-23-8-9-23/h3-7,11-12,21,23,25,27,31,36,38H,8-9,14-20H2,1-2H3/t25-,27-,31+,32+,33-/m1/s1.